The van der Waals surface area contributed by atoms with Gasteiger partial charge in [0.15, 0.2) is 0 Å². The van der Waals surface area contributed by atoms with Crippen LogP contribution < -0.4 is 4.87 Å². The number of nitrogens with one attached hydrogen (secondary N) is 1. The molecule has 0 radical (unpaired) electrons. The Morgan fingerprint density at radius 3 is 2.81 bits per heavy atom. The van der Waals surface area contributed by atoms with Crippen molar-refractivity contribution in [3.8, 4) is 0 Å². The van der Waals surface area contributed by atoms with Gasteiger partial charge in [-0.3, -0.25) is 24.1 Å². The number of aromatic nitrogens is 1. The number of aliphatic carboxylic acids is 1. The van der Waals surface area contributed by atoms with Crippen LogP contribution in [0.4, 0.5) is 0 Å². The van der Waals surface area contributed by atoms with Gasteiger partial charge in [0.1, 0.15) is 0 Å². The lowest BCUT2D eigenvalue weighted by molar-refractivity contribution is -0.142. The van der Waals surface area contributed by atoms with E-state index in [1.165, 1.54) is 21.8 Å². The van der Waals surface area contributed by atoms with Gasteiger partial charge in [0.05, 0.1) is 21.7 Å². The maximum atomic E-state index is 12.9. The van der Waals surface area contributed by atoms with Crippen LogP contribution in [0.15, 0.2) is 15.4 Å². The molecule has 2 N–H and O–H groups in total. The Bertz CT molecular complexity index is 932. The first-order valence-electron chi connectivity index (χ1n) is 8.64. The van der Waals surface area contributed by atoms with Crippen molar-refractivity contribution in [1.29, 1.82) is 0 Å². The molecule has 5 atom stereocenters. The highest BCUT2D eigenvalue weighted by Crippen LogP contribution is 2.64. The van der Waals surface area contributed by atoms with Crippen molar-refractivity contribution < 1.29 is 19.5 Å². The molecule has 7 nitrogen and oxygen atoms in total. The van der Waals surface area contributed by atoms with E-state index in [1.54, 1.807) is 11.8 Å². The van der Waals surface area contributed by atoms with Gasteiger partial charge in [-0.15, -0.1) is 0 Å². The maximum Gasteiger partial charge on any atom is 0.305 e. The summed E-state index contributed by atoms with van der Waals surface area (Å²) in [5.74, 6) is -1.63. The van der Waals surface area contributed by atoms with Crippen molar-refractivity contribution in [3.63, 3.8) is 0 Å². The summed E-state index contributed by atoms with van der Waals surface area (Å²) in [7, 11) is 0. The molecule has 9 heteroatoms. The molecule has 4 aliphatic rings. The predicted octanol–water partition coefficient (Wildman–Crippen LogP) is 1.41. The second kappa shape index (κ2) is 5.56. The Morgan fingerprint density at radius 2 is 2.04 bits per heavy atom. The highest BCUT2D eigenvalue weighted by atomic mass is 32.2. The topological polar surface area (TPSA) is 108 Å². The molecule has 0 aromatic carbocycles. The smallest absolute Gasteiger partial charge is 0.305 e. The van der Waals surface area contributed by atoms with E-state index in [4.69, 9.17) is 5.11 Å². The van der Waals surface area contributed by atoms with Gasteiger partial charge in [-0.2, -0.15) is 0 Å². The molecule has 2 saturated carbocycles. The van der Waals surface area contributed by atoms with Crippen LogP contribution in [0.3, 0.4) is 0 Å². The summed E-state index contributed by atoms with van der Waals surface area (Å²) in [5.41, 5.74) is 1.19. The predicted molar refractivity (Wildman–Crippen MR) is 94.7 cm³/mol. The van der Waals surface area contributed by atoms with Crippen molar-refractivity contribution in [2.24, 2.45) is 23.7 Å². The number of thiazole rings is 1. The molecule has 0 spiro atoms. The summed E-state index contributed by atoms with van der Waals surface area (Å²) < 4.78 is 0. The Labute approximate surface area is 156 Å². The summed E-state index contributed by atoms with van der Waals surface area (Å²) in [6.07, 6.45) is 3.14. The minimum atomic E-state index is -0.919. The average molecular weight is 392 g/mol. The molecule has 26 heavy (non-hydrogen) atoms. The Hall–Kier alpha value is -1.87. The number of imide groups is 1. The molecule has 1 saturated heterocycles. The van der Waals surface area contributed by atoms with Gasteiger partial charge in [-0.05, 0) is 30.8 Å². The summed E-state index contributed by atoms with van der Waals surface area (Å²) in [6.45, 7) is 0.188. The number of aromatic amines is 1. The normalized spacial score (nSPS) is 33.9. The number of hydrogen-bond acceptors (Lipinski definition) is 6. The number of hydrogen-bond donors (Lipinski definition) is 2. The quantitative estimate of drug-likeness (QED) is 0.750. The zero-order chi connectivity index (χ0) is 18.2. The first kappa shape index (κ1) is 16.3. The number of thioether (sulfide) groups is 1. The van der Waals surface area contributed by atoms with Gasteiger partial charge >= 0.3 is 10.8 Å². The largest absolute Gasteiger partial charge is 0.481 e. The second-order valence-electron chi connectivity index (χ2n) is 7.27. The molecule has 2 aliphatic carbocycles. The molecule has 3 fully saturated rings. The van der Waals surface area contributed by atoms with E-state index in [2.05, 4.69) is 4.98 Å². The van der Waals surface area contributed by atoms with E-state index in [1.807, 2.05) is 6.08 Å². The minimum Gasteiger partial charge on any atom is -0.481 e. The fourth-order valence-corrected chi connectivity index (χ4v) is 7.53. The molecule has 2 amide bonds. The number of nitrogens with zero attached hydrogens (tertiary/aromatic N) is 1. The number of carbonyl (C=O) groups is 3. The third-order valence-electron chi connectivity index (χ3n) is 6.01. The van der Waals surface area contributed by atoms with E-state index in [9.17, 15) is 19.2 Å². The first-order chi connectivity index (χ1) is 12.5. The van der Waals surface area contributed by atoms with Gasteiger partial charge < -0.3 is 10.1 Å². The molecule has 136 valence electrons. The van der Waals surface area contributed by atoms with E-state index < -0.39 is 5.97 Å². The highest BCUT2D eigenvalue weighted by Gasteiger charge is 2.66. The van der Waals surface area contributed by atoms with Crippen molar-refractivity contribution in [3.05, 3.63) is 20.1 Å². The fourth-order valence-electron chi connectivity index (χ4n) is 5.09. The van der Waals surface area contributed by atoms with Crippen LogP contribution in [-0.2, 0) is 14.4 Å². The number of likely N-dealkylation sites (tertiary alicyclic amines) is 1. The second-order valence-corrected chi connectivity index (χ2v) is 9.44. The van der Waals surface area contributed by atoms with E-state index in [-0.39, 0.29) is 58.6 Å². The van der Waals surface area contributed by atoms with Gasteiger partial charge in [-0.25, -0.2) is 0 Å². The summed E-state index contributed by atoms with van der Waals surface area (Å²) in [5, 5.41) is 9.79. The maximum absolute atomic E-state index is 12.9. The van der Waals surface area contributed by atoms with Gasteiger partial charge in [0.25, 0.3) is 0 Å². The number of carboxylic acid groups (broad SMARTS) is 1. The van der Waals surface area contributed by atoms with Crippen LogP contribution in [0.5, 0.6) is 0 Å². The van der Waals surface area contributed by atoms with Crippen LogP contribution in [-0.4, -0.2) is 44.6 Å². The first-order valence-corrected chi connectivity index (χ1v) is 10.3. The summed E-state index contributed by atoms with van der Waals surface area (Å²) in [6, 6.07) is 0. The SMILES string of the molecule is O=C(O)CCCN1C(=O)[C@@H]2[C@H]3C[C@@H](C4=Cc5sc(=O)[nH]c5S[C@@H]43)[C@H]2C1=O. The third-order valence-corrected chi connectivity index (χ3v) is 8.40. The number of carbonyl (C=O) groups excluding carboxylic acids is 2. The average Bonchev–Trinajstić information content (AvgIpc) is 3.28. The molecule has 3 heterocycles. The molecule has 1 aromatic rings. The highest BCUT2D eigenvalue weighted by molar-refractivity contribution is 8.00. The molecule has 2 bridgehead atoms. The molecular formula is C17H16N2O5S2. The summed E-state index contributed by atoms with van der Waals surface area (Å²) in [4.78, 5) is 53.0. The number of rotatable bonds is 4. The van der Waals surface area contributed by atoms with Crippen molar-refractivity contribution in [1.82, 2.24) is 9.88 Å². The lowest BCUT2D eigenvalue weighted by atomic mass is 9.77. The number of fused-ring (bicyclic) bond motifs is 9. The van der Waals surface area contributed by atoms with Crippen LogP contribution >= 0.6 is 23.1 Å². The van der Waals surface area contributed by atoms with Crippen molar-refractivity contribution in [2.45, 2.75) is 29.5 Å². The third kappa shape index (κ3) is 2.13. The molecular weight excluding hydrogens is 376 g/mol. The van der Waals surface area contributed by atoms with Crippen molar-refractivity contribution >= 4 is 47.0 Å². The lowest BCUT2D eigenvalue weighted by Crippen LogP contribution is -2.35. The number of carboxylic acids is 1. The van der Waals surface area contributed by atoms with Gasteiger partial charge in [0, 0.05) is 18.2 Å². The van der Waals surface area contributed by atoms with Crippen LogP contribution in [0.25, 0.3) is 6.08 Å². The number of amides is 2. The van der Waals surface area contributed by atoms with E-state index >= 15 is 0 Å². The van der Waals surface area contributed by atoms with E-state index in [0.29, 0.717) is 6.42 Å². The van der Waals surface area contributed by atoms with Gasteiger partial charge in [-0.1, -0.05) is 28.7 Å². The molecule has 0 unspecified atom stereocenters. The Morgan fingerprint density at radius 1 is 1.27 bits per heavy atom. The fraction of sp³-hybridized carbons (Fsp3) is 0.529. The Balaban J connectivity index is 1.43. The van der Waals surface area contributed by atoms with Crippen LogP contribution in [0.1, 0.15) is 24.1 Å². The minimum absolute atomic E-state index is 0.0452. The van der Waals surface area contributed by atoms with E-state index in [0.717, 1.165) is 16.3 Å². The molecule has 2 aliphatic heterocycles. The van der Waals surface area contributed by atoms with Crippen LogP contribution in [0.2, 0.25) is 0 Å². The van der Waals surface area contributed by atoms with Crippen LogP contribution in [0, 0.1) is 23.7 Å². The summed E-state index contributed by atoms with van der Waals surface area (Å²) >= 11 is 2.79. The monoisotopic (exact) mass is 392 g/mol. The standard InChI is InChI=1S/C17H16N2O5S2/c20-10(21)2-1-3-19-15(22)11-6-4-8(12(11)16(19)23)13-7(6)5-9-14(26-13)18-17(24)25-9/h5-6,8,11-13H,1-4H2,(H,18,24)(H,20,21)/t6-,8+,11+,12+,13-/m0/s1. The number of H-pyrrole nitrogens is 1. The Kier molecular flexibility index (Phi) is 3.49. The van der Waals surface area contributed by atoms with Gasteiger partial charge in [0.2, 0.25) is 11.8 Å². The molecule has 5 rings (SSSR count). The molecule has 1 aromatic heterocycles. The lowest BCUT2D eigenvalue weighted by Gasteiger charge is -2.32. The zero-order valence-corrected chi connectivity index (χ0v) is 15.3. The zero-order valence-electron chi connectivity index (χ0n) is 13.6. The van der Waals surface area contributed by atoms with Crippen molar-refractivity contribution in [2.75, 3.05) is 6.54 Å².